The normalized spacial score (nSPS) is 10.7. The number of thiophene rings is 1. The summed E-state index contributed by atoms with van der Waals surface area (Å²) in [6.45, 7) is 0.537. The van der Waals surface area contributed by atoms with Crippen molar-refractivity contribution in [3.63, 3.8) is 0 Å². The van der Waals surface area contributed by atoms with Gasteiger partial charge >= 0.3 is 0 Å². The summed E-state index contributed by atoms with van der Waals surface area (Å²) in [6, 6.07) is 5.96. The number of halogens is 4. The zero-order valence-corrected chi connectivity index (χ0v) is 15.4. The summed E-state index contributed by atoms with van der Waals surface area (Å²) in [7, 11) is 0. The molecule has 1 aromatic carbocycles. The summed E-state index contributed by atoms with van der Waals surface area (Å²) < 4.78 is 8.72. The Balaban J connectivity index is 2.17. The van der Waals surface area contributed by atoms with Crippen LogP contribution in [0.3, 0.4) is 0 Å². The lowest BCUT2D eigenvalue weighted by Crippen LogP contribution is -1.96. The summed E-state index contributed by atoms with van der Waals surface area (Å²) in [5.74, 6) is 1.28. The second-order valence-corrected chi connectivity index (χ2v) is 7.33. The van der Waals surface area contributed by atoms with E-state index in [4.69, 9.17) is 16.3 Å². The fourth-order valence-corrected chi connectivity index (χ4v) is 4.44. The summed E-state index contributed by atoms with van der Waals surface area (Å²) in [5, 5.41) is 2.03. The van der Waals surface area contributed by atoms with E-state index < -0.39 is 0 Å². The molecule has 0 fully saturated rings. The average molecular weight is 475 g/mol. The van der Waals surface area contributed by atoms with Crippen LogP contribution in [0.1, 0.15) is 10.4 Å². The minimum atomic E-state index is 0.480. The number of ether oxygens (including phenoxy) is 1. The fourth-order valence-electron chi connectivity index (χ4n) is 1.39. The molecule has 6 heteroatoms. The number of alkyl halides is 1. The van der Waals surface area contributed by atoms with Crippen LogP contribution in [-0.2, 0) is 12.5 Å². The number of benzene rings is 1. The van der Waals surface area contributed by atoms with Crippen LogP contribution in [0.4, 0.5) is 0 Å². The molecule has 0 radical (unpaired) electrons. The molecule has 2 aromatic rings. The third kappa shape index (κ3) is 3.51. The highest BCUT2D eigenvalue weighted by molar-refractivity contribution is 9.11. The first-order valence-corrected chi connectivity index (χ1v) is 8.79. The van der Waals surface area contributed by atoms with E-state index in [1.807, 2.05) is 23.6 Å². The summed E-state index contributed by atoms with van der Waals surface area (Å²) in [4.78, 5) is 1.16. The number of hydrogen-bond acceptors (Lipinski definition) is 2. The van der Waals surface area contributed by atoms with E-state index in [1.165, 1.54) is 0 Å². The zero-order chi connectivity index (χ0) is 13.1. The molecule has 0 atom stereocenters. The van der Waals surface area contributed by atoms with Crippen LogP contribution in [-0.4, -0.2) is 0 Å². The van der Waals surface area contributed by atoms with Crippen LogP contribution in [0.2, 0.25) is 0 Å². The van der Waals surface area contributed by atoms with E-state index in [9.17, 15) is 0 Å². The molecule has 0 bridgehead atoms. The quantitative estimate of drug-likeness (QED) is 0.468. The highest BCUT2D eigenvalue weighted by atomic mass is 79.9. The predicted molar refractivity (Wildman–Crippen MR) is 87.8 cm³/mol. The minimum absolute atomic E-state index is 0.480. The maximum absolute atomic E-state index is 5.84. The van der Waals surface area contributed by atoms with Crippen molar-refractivity contribution in [3.8, 4) is 5.75 Å². The third-order valence-electron chi connectivity index (χ3n) is 2.25. The molecular weight excluding hydrogens is 467 g/mol. The second kappa shape index (κ2) is 6.75. The molecule has 0 saturated heterocycles. The van der Waals surface area contributed by atoms with E-state index in [0.717, 1.165) is 29.6 Å². The lowest BCUT2D eigenvalue weighted by Gasteiger charge is -2.11. The van der Waals surface area contributed by atoms with E-state index >= 15 is 0 Å². The summed E-state index contributed by atoms with van der Waals surface area (Å²) >= 11 is 18.0. The Morgan fingerprint density at radius 3 is 2.28 bits per heavy atom. The van der Waals surface area contributed by atoms with Gasteiger partial charge in [-0.15, -0.1) is 22.9 Å². The van der Waals surface area contributed by atoms with Gasteiger partial charge < -0.3 is 4.74 Å². The molecule has 96 valence electrons. The lowest BCUT2D eigenvalue weighted by molar-refractivity contribution is 0.305. The highest BCUT2D eigenvalue weighted by Crippen LogP contribution is 2.36. The standard InChI is InChI=1S/C12H8Br3ClOS/c13-8-1-2-18-11(8)6-17-12-9(14)3-7(5-16)4-10(12)15/h1-4H,5-6H2. The van der Waals surface area contributed by atoms with E-state index in [-0.39, 0.29) is 0 Å². The maximum atomic E-state index is 5.84. The number of rotatable bonds is 4. The molecule has 2 rings (SSSR count). The van der Waals surface area contributed by atoms with E-state index in [2.05, 4.69) is 47.8 Å². The molecule has 0 saturated carbocycles. The molecule has 0 aliphatic heterocycles. The molecule has 1 nitrogen and oxygen atoms in total. The SMILES string of the molecule is ClCc1cc(Br)c(OCc2sccc2Br)c(Br)c1. The van der Waals surface area contributed by atoms with Gasteiger partial charge in [-0.3, -0.25) is 0 Å². The molecule has 0 unspecified atom stereocenters. The van der Waals surface area contributed by atoms with Crippen molar-refractivity contribution >= 4 is 70.7 Å². The Morgan fingerprint density at radius 2 is 1.78 bits per heavy atom. The molecule has 0 aliphatic carbocycles. The van der Waals surface area contributed by atoms with Gasteiger partial charge in [-0.2, -0.15) is 0 Å². The highest BCUT2D eigenvalue weighted by Gasteiger charge is 2.10. The van der Waals surface area contributed by atoms with Gasteiger partial charge in [0, 0.05) is 10.4 Å². The van der Waals surface area contributed by atoms with Crippen LogP contribution in [0, 0.1) is 0 Å². The average Bonchev–Trinajstić information content (AvgIpc) is 2.73. The molecule has 0 N–H and O–H groups in total. The van der Waals surface area contributed by atoms with Gasteiger partial charge in [-0.1, -0.05) is 0 Å². The molecule has 0 aliphatic rings. The molecule has 0 amide bonds. The fraction of sp³-hybridized carbons (Fsp3) is 0.167. The number of hydrogen-bond donors (Lipinski definition) is 0. The van der Waals surface area contributed by atoms with Gasteiger partial charge in [0.25, 0.3) is 0 Å². The Labute approximate surface area is 140 Å². The van der Waals surface area contributed by atoms with Gasteiger partial charge in [0.2, 0.25) is 0 Å². The van der Waals surface area contributed by atoms with Gasteiger partial charge in [-0.05, 0) is 76.9 Å². The minimum Gasteiger partial charge on any atom is -0.486 e. The predicted octanol–water partition coefficient (Wildman–Crippen LogP) is 6.35. The Hall–Kier alpha value is 0.450. The largest absolute Gasteiger partial charge is 0.486 e. The van der Waals surface area contributed by atoms with Crippen LogP contribution in [0.5, 0.6) is 5.75 Å². The van der Waals surface area contributed by atoms with Gasteiger partial charge in [0.15, 0.2) is 0 Å². The van der Waals surface area contributed by atoms with E-state index in [0.29, 0.717) is 12.5 Å². The summed E-state index contributed by atoms with van der Waals surface area (Å²) in [5.41, 5.74) is 1.04. The van der Waals surface area contributed by atoms with Crippen molar-refractivity contribution in [2.75, 3.05) is 0 Å². The summed E-state index contributed by atoms with van der Waals surface area (Å²) in [6.07, 6.45) is 0. The molecule has 18 heavy (non-hydrogen) atoms. The van der Waals surface area contributed by atoms with Crippen LogP contribution in [0.15, 0.2) is 37.0 Å². The maximum Gasteiger partial charge on any atom is 0.148 e. The van der Waals surface area contributed by atoms with Gasteiger partial charge in [0.05, 0.1) is 13.8 Å². The molecule has 0 spiro atoms. The Bertz CT molecular complexity index is 533. The van der Waals surface area contributed by atoms with E-state index in [1.54, 1.807) is 11.3 Å². The van der Waals surface area contributed by atoms with Crippen molar-refractivity contribution in [1.82, 2.24) is 0 Å². The first-order valence-electron chi connectivity index (χ1n) is 5.00. The smallest absolute Gasteiger partial charge is 0.148 e. The first-order chi connectivity index (χ1) is 8.61. The third-order valence-corrected chi connectivity index (χ3v) is 5.64. The first kappa shape index (κ1) is 14.9. The Morgan fingerprint density at radius 1 is 1.11 bits per heavy atom. The van der Waals surface area contributed by atoms with Crippen LogP contribution < -0.4 is 4.74 Å². The van der Waals surface area contributed by atoms with Gasteiger partial charge in [0.1, 0.15) is 12.4 Å². The van der Waals surface area contributed by atoms with Crippen LogP contribution in [0.25, 0.3) is 0 Å². The van der Waals surface area contributed by atoms with Gasteiger partial charge in [-0.25, -0.2) is 0 Å². The van der Waals surface area contributed by atoms with Crippen molar-refractivity contribution in [1.29, 1.82) is 0 Å². The zero-order valence-electron chi connectivity index (χ0n) is 9.05. The topological polar surface area (TPSA) is 9.23 Å². The Kier molecular flexibility index (Phi) is 5.57. The lowest BCUT2D eigenvalue weighted by atomic mass is 10.2. The molecule has 1 heterocycles. The van der Waals surface area contributed by atoms with Crippen LogP contribution >= 0.6 is 70.7 Å². The second-order valence-electron chi connectivity index (χ2n) is 3.50. The van der Waals surface area contributed by atoms with Crippen molar-refractivity contribution in [3.05, 3.63) is 47.4 Å². The molecular formula is C12H8Br3ClOS. The molecule has 1 aromatic heterocycles. The van der Waals surface area contributed by atoms with Crippen molar-refractivity contribution in [2.45, 2.75) is 12.5 Å². The van der Waals surface area contributed by atoms with Crippen molar-refractivity contribution in [2.24, 2.45) is 0 Å². The van der Waals surface area contributed by atoms with Crippen molar-refractivity contribution < 1.29 is 4.74 Å². The monoisotopic (exact) mass is 472 g/mol.